The number of nitrogens with two attached hydrogens (primary N) is 1. The number of hydrogen-bond acceptors (Lipinski definition) is 2. The molecule has 2 atom stereocenters. The Bertz CT molecular complexity index is 130. The summed E-state index contributed by atoms with van der Waals surface area (Å²) < 4.78 is 5.80. The fourth-order valence-electron chi connectivity index (χ4n) is 2.24. The third kappa shape index (κ3) is 3.28. The van der Waals surface area contributed by atoms with Crippen LogP contribution in [-0.4, -0.2) is 19.3 Å². The minimum absolute atomic E-state index is 0.484. The summed E-state index contributed by atoms with van der Waals surface area (Å²) in [5.74, 6) is 1.37. The molecule has 0 bridgehead atoms. The zero-order valence-corrected chi connectivity index (χ0v) is 8.96. The molecular formula is C11H23NO. The van der Waals surface area contributed by atoms with Crippen molar-refractivity contribution in [3.63, 3.8) is 0 Å². The van der Waals surface area contributed by atoms with Gasteiger partial charge in [-0.15, -0.1) is 0 Å². The molecule has 13 heavy (non-hydrogen) atoms. The Morgan fingerprint density at radius 3 is 2.62 bits per heavy atom. The van der Waals surface area contributed by atoms with Gasteiger partial charge in [-0.25, -0.2) is 0 Å². The van der Waals surface area contributed by atoms with E-state index in [4.69, 9.17) is 10.5 Å². The van der Waals surface area contributed by atoms with E-state index in [0.717, 1.165) is 19.6 Å². The molecule has 2 N–H and O–H groups in total. The lowest BCUT2D eigenvalue weighted by atomic mass is 9.84. The molecule has 0 spiro atoms. The van der Waals surface area contributed by atoms with Crippen LogP contribution in [-0.2, 0) is 4.74 Å². The molecule has 0 aromatic heterocycles. The monoisotopic (exact) mass is 185 g/mol. The van der Waals surface area contributed by atoms with Crippen LogP contribution in [0.4, 0.5) is 0 Å². The highest BCUT2D eigenvalue weighted by molar-refractivity contribution is 4.76. The van der Waals surface area contributed by atoms with Gasteiger partial charge in [-0.2, -0.15) is 0 Å². The first-order valence-corrected chi connectivity index (χ1v) is 5.57. The van der Waals surface area contributed by atoms with E-state index in [1.54, 1.807) is 0 Å². The summed E-state index contributed by atoms with van der Waals surface area (Å²) in [6.07, 6.45) is 5.41. The SMILES string of the molecule is CC(C)C(CCN)C1CCCCO1. The van der Waals surface area contributed by atoms with E-state index in [2.05, 4.69) is 13.8 Å². The Morgan fingerprint density at radius 2 is 2.15 bits per heavy atom. The summed E-state index contributed by atoms with van der Waals surface area (Å²) in [5.41, 5.74) is 5.62. The maximum absolute atomic E-state index is 5.80. The first-order chi connectivity index (χ1) is 6.25. The molecule has 2 heteroatoms. The molecule has 2 unspecified atom stereocenters. The Kier molecular flexibility index (Phi) is 4.74. The second-order valence-electron chi connectivity index (χ2n) is 4.39. The highest BCUT2D eigenvalue weighted by atomic mass is 16.5. The predicted octanol–water partition coefficient (Wildman–Crippen LogP) is 2.18. The molecule has 1 aliphatic rings. The number of ether oxygens (including phenoxy) is 1. The molecule has 0 aliphatic carbocycles. The second-order valence-corrected chi connectivity index (χ2v) is 4.39. The van der Waals surface area contributed by atoms with E-state index in [-0.39, 0.29) is 0 Å². The molecule has 78 valence electrons. The summed E-state index contributed by atoms with van der Waals surface area (Å²) in [7, 11) is 0. The molecule has 1 aliphatic heterocycles. The van der Waals surface area contributed by atoms with Crippen molar-refractivity contribution in [2.24, 2.45) is 17.6 Å². The number of hydrogen-bond donors (Lipinski definition) is 1. The fourth-order valence-corrected chi connectivity index (χ4v) is 2.24. The van der Waals surface area contributed by atoms with E-state index in [1.807, 2.05) is 0 Å². The van der Waals surface area contributed by atoms with Crippen molar-refractivity contribution >= 4 is 0 Å². The van der Waals surface area contributed by atoms with Gasteiger partial charge in [0.2, 0.25) is 0 Å². The van der Waals surface area contributed by atoms with E-state index in [9.17, 15) is 0 Å². The summed E-state index contributed by atoms with van der Waals surface area (Å²) in [6, 6.07) is 0. The molecule has 2 nitrogen and oxygen atoms in total. The van der Waals surface area contributed by atoms with Gasteiger partial charge < -0.3 is 10.5 Å². The van der Waals surface area contributed by atoms with Crippen molar-refractivity contribution in [2.45, 2.75) is 45.6 Å². The summed E-state index contributed by atoms with van der Waals surface area (Å²) in [6.45, 7) is 6.30. The molecule has 0 amide bonds. The van der Waals surface area contributed by atoms with Crippen molar-refractivity contribution in [3.05, 3.63) is 0 Å². The minimum atomic E-state index is 0.484. The lowest BCUT2D eigenvalue weighted by Crippen LogP contribution is -2.32. The zero-order valence-electron chi connectivity index (χ0n) is 8.96. The van der Waals surface area contributed by atoms with Crippen LogP contribution < -0.4 is 5.73 Å². The van der Waals surface area contributed by atoms with Gasteiger partial charge in [0.1, 0.15) is 0 Å². The maximum atomic E-state index is 5.80. The van der Waals surface area contributed by atoms with E-state index >= 15 is 0 Å². The molecule has 0 aromatic carbocycles. The topological polar surface area (TPSA) is 35.2 Å². The van der Waals surface area contributed by atoms with Crippen molar-refractivity contribution < 1.29 is 4.74 Å². The summed E-state index contributed by atoms with van der Waals surface area (Å²) >= 11 is 0. The van der Waals surface area contributed by atoms with Crippen molar-refractivity contribution in [3.8, 4) is 0 Å². The van der Waals surface area contributed by atoms with Crippen LogP contribution in [0.2, 0.25) is 0 Å². The van der Waals surface area contributed by atoms with Gasteiger partial charge in [0.25, 0.3) is 0 Å². The average molecular weight is 185 g/mol. The average Bonchev–Trinajstić information content (AvgIpc) is 2.15. The van der Waals surface area contributed by atoms with Crippen LogP contribution >= 0.6 is 0 Å². The molecule has 0 radical (unpaired) electrons. The maximum Gasteiger partial charge on any atom is 0.0606 e. The van der Waals surface area contributed by atoms with Crippen LogP contribution in [0.15, 0.2) is 0 Å². The van der Waals surface area contributed by atoms with Crippen LogP contribution in [0.3, 0.4) is 0 Å². The van der Waals surface area contributed by atoms with Crippen LogP contribution in [0, 0.1) is 11.8 Å². The standard InChI is InChI=1S/C11H23NO/c1-9(2)10(6-7-12)11-5-3-4-8-13-11/h9-11H,3-8,12H2,1-2H3. The lowest BCUT2D eigenvalue weighted by molar-refractivity contribution is -0.0351. The Labute approximate surface area is 81.8 Å². The lowest BCUT2D eigenvalue weighted by Gasteiger charge is -2.32. The van der Waals surface area contributed by atoms with Crippen LogP contribution in [0.5, 0.6) is 0 Å². The van der Waals surface area contributed by atoms with Crippen LogP contribution in [0.25, 0.3) is 0 Å². The molecular weight excluding hydrogens is 162 g/mol. The molecule has 1 saturated heterocycles. The van der Waals surface area contributed by atoms with E-state index in [0.29, 0.717) is 17.9 Å². The van der Waals surface area contributed by atoms with Crippen molar-refractivity contribution in [2.75, 3.05) is 13.2 Å². The van der Waals surface area contributed by atoms with Gasteiger partial charge in [0.05, 0.1) is 6.10 Å². The van der Waals surface area contributed by atoms with Crippen LogP contribution in [0.1, 0.15) is 39.5 Å². The first kappa shape index (κ1) is 11.0. The molecule has 1 heterocycles. The van der Waals surface area contributed by atoms with Crippen molar-refractivity contribution in [1.29, 1.82) is 0 Å². The molecule has 1 rings (SSSR count). The van der Waals surface area contributed by atoms with Gasteiger partial charge in [-0.3, -0.25) is 0 Å². The third-order valence-corrected chi connectivity index (χ3v) is 3.05. The van der Waals surface area contributed by atoms with E-state index in [1.165, 1.54) is 19.3 Å². The minimum Gasteiger partial charge on any atom is -0.378 e. The van der Waals surface area contributed by atoms with Gasteiger partial charge >= 0.3 is 0 Å². The smallest absolute Gasteiger partial charge is 0.0606 e. The highest BCUT2D eigenvalue weighted by Gasteiger charge is 2.25. The van der Waals surface area contributed by atoms with E-state index < -0.39 is 0 Å². The summed E-state index contributed by atoms with van der Waals surface area (Å²) in [5, 5.41) is 0. The quantitative estimate of drug-likeness (QED) is 0.728. The Balaban J connectivity index is 2.41. The molecule has 1 fully saturated rings. The number of rotatable bonds is 4. The Morgan fingerprint density at radius 1 is 1.38 bits per heavy atom. The zero-order chi connectivity index (χ0) is 9.68. The van der Waals surface area contributed by atoms with Gasteiger partial charge in [-0.05, 0) is 44.1 Å². The third-order valence-electron chi connectivity index (χ3n) is 3.05. The fraction of sp³-hybridized carbons (Fsp3) is 1.00. The van der Waals surface area contributed by atoms with Gasteiger partial charge in [-0.1, -0.05) is 13.8 Å². The second kappa shape index (κ2) is 5.61. The normalized spacial score (nSPS) is 26.3. The van der Waals surface area contributed by atoms with Crippen molar-refractivity contribution in [1.82, 2.24) is 0 Å². The Hall–Kier alpha value is -0.0800. The molecule has 0 aromatic rings. The van der Waals surface area contributed by atoms with Gasteiger partial charge in [0.15, 0.2) is 0 Å². The summed E-state index contributed by atoms with van der Waals surface area (Å²) in [4.78, 5) is 0. The predicted molar refractivity (Wildman–Crippen MR) is 55.6 cm³/mol. The largest absolute Gasteiger partial charge is 0.378 e. The first-order valence-electron chi connectivity index (χ1n) is 5.57. The molecule has 0 saturated carbocycles. The van der Waals surface area contributed by atoms with Gasteiger partial charge in [0, 0.05) is 6.61 Å². The highest BCUT2D eigenvalue weighted by Crippen LogP contribution is 2.27.